The largest absolute Gasteiger partial charge is 0.465 e. The van der Waals surface area contributed by atoms with Crippen LogP contribution in [0.25, 0.3) is 0 Å². The number of ether oxygens (including phenoxy) is 4. The molecule has 3 rings (SSSR count). The van der Waals surface area contributed by atoms with Gasteiger partial charge in [0.15, 0.2) is 0 Å². The summed E-state index contributed by atoms with van der Waals surface area (Å²) in [6, 6.07) is 16.6. The maximum absolute atomic E-state index is 13.7. The summed E-state index contributed by atoms with van der Waals surface area (Å²) in [5.41, 5.74) is 2.47. The van der Waals surface area contributed by atoms with E-state index < -0.39 is 12.0 Å². The van der Waals surface area contributed by atoms with Gasteiger partial charge in [-0.25, -0.2) is 4.79 Å². The molecule has 1 aliphatic rings. The lowest BCUT2D eigenvalue weighted by Gasteiger charge is -2.35. The maximum atomic E-state index is 13.7. The number of hydrogen-bond donors (Lipinski definition) is 1. The molecule has 0 aliphatic carbocycles. The van der Waals surface area contributed by atoms with Crippen LogP contribution in [0, 0.1) is 17.8 Å². The third kappa shape index (κ3) is 10.4. The number of rotatable bonds is 18. The molecule has 9 nitrogen and oxygen atoms in total. The highest BCUT2D eigenvalue weighted by molar-refractivity contribution is 5.89. The number of carbonyl (C=O) groups excluding carboxylic acids is 3. The molecule has 0 spiro atoms. The number of likely N-dealkylation sites (tertiary alicyclic amines) is 1. The zero-order chi connectivity index (χ0) is 33.6. The van der Waals surface area contributed by atoms with Crippen molar-refractivity contribution >= 4 is 17.8 Å². The average molecular weight is 639 g/mol. The summed E-state index contributed by atoms with van der Waals surface area (Å²) in [6.45, 7) is 9.65. The fourth-order valence-corrected chi connectivity index (χ4v) is 6.36. The number of carbonyl (C=O) groups is 3. The SMILES string of the molecule is CC[C@H](C)[C@H](C)[C@@H](CC(=O)N1CCC[C@H]1[C@H](OC)[C@@H](C)C(=O)N[C@H](COCc1ccc(C(=O)OC)cc1)Cc1ccccc1)OC. The fraction of sp³-hybridized carbons (Fsp3) is 0.595. The van der Waals surface area contributed by atoms with Crippen molar-refractivity contribution < 1.29 is 33.3 Å². The molecule has 46 heavy (non-hydrogen) atoms. The van der Waals surface area contributed by atoms with Crippen LogP contribution in [-0.4, -0.2) is 81.5 Å². The first-order valence-corrected chi connectivity index (χ1v) is 16.6. The molecule has 0 unspecified atom stereocenters. The molecular formula is C37H54N2O7. The monoisotopic (exact) mass is 638 g/mol. The Bertz CT molecular complexity index is 1220. The number of nitrogens with one attached hydrogen (secondary N) is 1. The molecular weight excluding hydrogens is 584 g/mol. The molecule has 0 radical (unpaired) electrons. The maximum Gasteiger partial charge on any atom is 0.337 e. The second-order valence-corrected chi connectivity index (χ2v) is 12.6. The normalized spacial score (nSPS) is 18.7. The van der Waals surface area contributed by atoms with Gasteiger partial charge in [-0.3, -0.25) is 9.59 Å². The molecule has 2 aromatic rings. The van der Waals surface area contributed by atoms with Crippen LogP contribution in [0.5, 0.6) is 0 Å². The summed E-state index contributed by atoms with van der Waals surface area (Å²) in [5, 5.41) is 3.21. The van der Waals surface area contributed by atoms with Crippen LogP contribution in [0.15, 0.2) is 54.6 Å². The average Bonchev–Trinajstić information content (AvgIpc) is 3.56. The number of nitrogens with zero attached hydrogens (tertiary/aromatic N) is 1. The standard InChI is InChI=1S/C37H54N2O7/c1-8-25(2)26(3)33(43-5)22-34(40)39-20-12-15-32(39)35(44-6)27(4)36(41)38-31(21-28-13-10-9-11-14-28)24-46-23-29-16-18-30(19-17-29)37(42)45-7/h9-11,13-14,16-19,25-27,31-33,35H,8,12,15,20-24H2,1-7H3,(H,38,41)/t25-,26-,27+,31-,32-,33+,35+/m0/s1. The van der Waals surface area contributed by atoms with Crippen molar-refractivity contribution in [3.63, 3.8) is 0 Å². The minimum Gasteiger partial charge on any atom is -0.465 e. The van der Waals surface area contributed by atoms with Crippen molar-refractivity contribution in [2.75, 3.05) is 34.5 Å². The molecule has 1 saturated heterocycles. The predicted octanol–water partition coefficient (Wildman–Crippen LogP) is 5.45. The molecule has 1 N–H and O–H groups in total. The Morgan fingerprint density at radius 2 is 1.63 bits per heavy atom. The second kappa shape index (κ2) is 18.8. The van der Waals surface area contributed by atoms with E-state index in [2.05, 4.69) is 26.1 Å². The van der Waals surface area contributed by atoms with E-state index in [9.17, 15) is 14.4 Å². The first-order chi connectivity index (χ1) is 22.1. The Morgan fingerprint density at radius 3 is 2.24 bits per heavy atom. The summed E-state index contributed by atoms with van der Waals surface area (Å²) < 4.78 is 22.6. The van der Waals surface area contributed by atoms with E-state index in [0.717, 1.165) is 30.4 Å². The van der Waals surface area contributed by atoms with Gasteiger partial charge in [0.25, 0.3) is 0 Å². The third-order valence-corrected chi connectivity index (χ3v) is 9.62. The van der Waals surface area contributed by atoms with Crippen LogP contribution in [0.4, 0.5) is 0 Å². The second-order valence-electron chi connectivity index (χ2n) is 12.6. The van der Waals surface area contributed by atoms with Crippen molar-refractivity contribution in [2.24, 2.45) is 17.8 Å². The lowest BCUT2D eigenvalue weighted by Crippen LogP contribution is -2.52. The Balaban J connectivity index is 1.66. The minimum atomic E-state index is -0.496. The van der Waals surface area contributed by atoms with Gasteiger partial charge in [0, 0.05) is 20.8 Å². The first kappa shape index (κ1) is 37.2. The molecule has 0 bridgehead atoms. The zero-order valence-electron chi connectivity index (χ0n) is 28.7. The van der Waals surface area contributed by atoms with Gasteiger partial charge in [-0.15, -0.1) is 0 Å². The van der Waals surface area contributed by atoms with E-state index in [0.29, 0.717) is 44.1 Å². The van der Waals surface area contributed by atoms with E-state index in [4.69, 9.17) is 18.9 Å². The summed E-state index contributed by atoms with van der Waals surface area (Å²) in [7, 11) is 4.65. The van der Waals surface area contributed by atoms with Crippen LogP contribution in [-0.2, 0) is 41.6 Å². The predicted molar refractivity (Wildman–Crippen MR) is 178 cm³/mol. The van der Waals surface area contributed by atoms with Crippen LogP contribution in [0.2, 0.25) is 0 Å². The van der Waals surface area contributed by atoms with E-state index in [-0.39, 0.29) is 41.9 Å². The van der Waals surface area contributed by atoms with Crippen molar-refractivity contribution in [1.82, 2.24) is 10.2 Å². The highest BCUT2D eigenvalue weighted by Gasteiger charge is 2.41. The Kier molecular flexibility index (Phi) is 15.2. The van der Waals surface area contributed by atoms with Crippen LogP contribution < -0.4 is 5.32 Å². The Morgan fingerprint density at radius 1 is 0.935 bits per heavy atom. The molecule has 2 amide bonds. The molecule has 9 heteroatoms. The highest BCUT2D eigenvalue weighted by atomic mass is 16.5. The summed E-state index contributed by atoms with van der Waals surface area (Å²) in [6.07, 6.45) is 2.98. The molecule has 1 fully saturated rings. The molecule has 7 atom stereocenters. The molecule has 0 aromatic heterocycles. The van der Waals surface area contributed by atoms with Gasteiger partial charge in [-0.05, 0) is 54.4 Å². The van der Waals surface area contributed by atoms with E-state index in [1.807, 2.05) is 54.3 Å². The highest BCUT2D eigenvalue weighted by Crippen LogP contribution is 2.29. The van der Waals surface area contributed by atoms with E-state index >= 15 is 0 Å². The first-order valence-electron chi connectivity index (χ1n) is 16.6. The summed E-state index contributed by atoms with van der Waals surface area (Å²) in [4.78, 5) is 41.0. The molecule has 0 saturated carbocycles. The van der Waals surface area contributed by atoms with Crippen molar-refractivity contribution in [2.45, 2.75) is 90.7 Å². The Labute approximate surface area is 275 Å². The topological polar surface area (TPSA) is 103 Å². The van der Waals surface area contributed by atoms with Gasteiger partial charge in [0.1, 0.15) is 0 Å². The smallest absolute Gasteiger partial charge is 0.337 e. The number of esters is 1. The molecule has 254 valence electrons. The van der Waals surface area contributed by atoms with Crippen LogP contribution in [0.1, 0.15) is 74.9 Å². The number of methoxy groups -OCH3 is 3. The van der Waals surface area contributed by atoms with Crippen molar-refractivity contribution in [3.8, 4) is 0 Å². The van der Waals surface area contributed by atoms with Crippen LogP contribution in [0.3, 0.4) is 0 Å². The van der Waals surface area contributed by atoms with Gasteiger partial charge in [0.05, 0.1) is 62.5 Å². The summed E-state index contributed by atoms with van der Waals surface area (Å²) in [5.74, 6) is -0.271. The van der Waals surface area contributed by atoms with Crippen LogP contribution >= 0.6 is 0 Å². The van der Waals surface area contributed by atoms with Crippen molar-refractivity contribution in [1.29, 1.82) is 0 Å². The van der Waals surface area contributed by atoms with Gasteiger partial charge in [0.2, 0.25) is 11.8 Å². The number of amides is 2. The quantitative estimate of drug-likeness (QED) is 0.217. The molecule has 2 aromatic carbocycles. The van der Waals surface area contributed by atoms with Gasteiger partial charge < -0.3 is 29.2 Å². The van der Waals surface area contributed by atoms with Gasteiger partial charge in [-0.1, -0.05) is 76.6 Å². The molecule has 1 aliphatic heterocycles. The van der Waals surface area contributed by atoms with Crippen molar-refractivity contribution in [3.05, 3.63) is 71.3 Å². The number of hydrogen-bond acceptors (Lipinski definition) is 7. The third-order valence-electron chi connectivity index (χ3n) is 9.62. The lowest BCUT2D eigenvalue weighted by molar-refractivity contribution is -0.143. The van der Waals surface area contributed by atoms with Gasteiger partial charge >= 0.3 is 5.97 Å². The summed E-state index contributed by atoms with van der Waals surface area (Å²) >= 11 is 0. The lowest BCUT2D eigenvalue weighted by atomic mass is 9.87. The zero-order valence-corrected chi connectivity index (χ0v) is 28.7. The number of benzene rings is 2. The van der Waals surface area contributed by atoms with E-state index in [1.54, 1.807) is 26.4 Å². The fourth-order valence-electron chi connectivity index (χ4n) is 6.36. The van der Waals surface area contributed by atoms with E-state index in [1.165, 1.54) is 7.11 Å². The minimum absolute atomic E-state index is 0.0501. The Hall–Kier alpha value is -3.27. The molecule has 1 heterocycles. The van der Waals surface area contributed by atoms with Gasteiger partial charge in [-0.2, -0.15) is 0 Å².